The Morgan fingerprint density at radius 2 is 2.12 bits per heavy atom. The Labute approximate surface area is 157 Å². The first kappa shape index (κ1) is 18.5. The highest BCUT2D eigenvalue weighted by Gasteiger charge is 2.27. The number of carbonyl (C=O) groups excluding carboxylic acids is 1. The van der Waals surface area contributed by atoms with E-state index in [1.165, 1.54) is 0 Å². The van der Waals surface area contributed by atoms with Crippen LogP contribution in [0.25, 0.3) is 5.69 Å². The molecule has 1 aliphatic rings. The van der Waals surface area contributed by atoms with Gasteiger partial charge in [0.25, 0.3) is 5.91 Å². The van der Waals surface area contributed by atoms with Crippen molar-refractivity contribution in [3.63, 3.8) is 0 Å². The van der Waals surface area contributed by atoms with Crippen LogP contribution in [0.1, 0.15) is 41.7 Å². The summed E-state index contributed by atoms with van der Waals surface area (Å²) in [6, 6.07) is 7.37. The lowest BCUT2D eigenvalue weighted by molar-refractivity contribution is -0.137. The number of halogens is 1. The summed E-state index contributed by atoms with van der Waals surface area (Å²) in [4.78, 5) is 25.6. The fraction of sp³-hybridized carbons (Fsp3) is 0.421. The molecule has 0 bridgehead atoms. The Hall–Kier alpha value is -2.34. The highest BCUT2D eigenvalue weighted by Crippen LogP contribution is 2.25. The molecule has 0 unspecified atom stereocenters. The molecule has 1 fully saturated rings. The number of nitrogens with zero attached hydrogens (tertiary/aromatic N) is 3. The molecule has 2 aromatic rings. The third-order valence-corrected chi connectivity index (χ3v) is 5.21. The van der Waals surface area contributed by atoms with E-state index in [0.717, 1.165) is 24.2 Å². The van der Waals surface area contributed by atoms with Crippen molar-refractivity contribution in [2.45, 2.75) is 32.6 Å². The van der Waals surface area contributed by atoms with Gasteiger partial charge in [-0.3, -0.25) is 9.59 Å². The van der Waals surface area contributed by atoms with Crippen molar-refractivity contribution in [2.24, 2.45) is 5.92 Å². The summed E-state index contributed by atoms with van der Waals surface area (Å²) < 4.78 is 1.68. The number of rotatable bonds is 5. The van der Waals surface area contributed by atoms with Crippen LogP contribution in [0.2, 0.25) is 5.02 Å². The zero-order valence-electron chi connectivity index (χ0n) is 14.7. The summed E-state index contributed by atoms with van der Waals surface area (Å²) >= 11 is 6.24. The number of likely N-dealkylation sites (tertiary alicyclic amines) is 1. The van der Waals surface area contributed by atoms with Crippen molar-refractivity contribution in [3.8, 4) is 5.69 Å². The number of benzene rings is 1. The van der Waals surface area contributed by atoms with E-state index in [1.807, 2.05) is 30.0 Å². The van der Waals surface area contributed by atoms with Gasteiger partial charge in [-0.1, -0.05) is 23.7 Å². The van der Waals surface area contributed by atoms with Crippen molar-refractivity contribution < 1.29 is 14.7 Å². The van der Waals surface area contributed by atoms with Crippen molar-refractivity contribution in [2.75, 3.05) is 13.1 Å². The molecule has 1 N–H and O–H groups in total. The molecular formula is C19H22ClN3O3. The molecule has 1 atom stereocenters. The van der Waals surface area contributed by atoms with Crippen molar-refractivity contribution >= 4 is 23.5 Å². The van der Waals surface area contributed by atoms with E-state index in [0.29, 0.717) is 30.1 Å². The summed E-state index contributed by atoms with van der Waals surface area (Å²) in [6.07, 6.45) is 4.21. The van der Waals surface area contributed by atoms with E-state index in [2.05, 4.69) is 5.10 Å². The number of piperidine rings is 1. The van der Waals surface area contributed by atoms with Gasteiger partial charge < -0.3 is 10.0 Å². The van der Waals surface area contributed by atoms with Gasteiger partial charge in [-0.05, 0) is 44.2 Å². The molecule has 0 saturated carbocycles. The number of aromatic nitrogens is 2. The second-order valence-electron chi connectivity index (χ2n) is 6.70. The van der Waals surface area contributed by atoms with Crippen LogP contribution in [0.3, 0.4) is 0 Å². The van der Waals surface area contributed by atoms with Crippen LogP contribution in [0.4, 0.5) is 0 Å². The van der Waals surface area contributed by atoms with Crippen LogP contribution < -0.4 is 0 Å². The highest BCUT2D eigenvalue weighted by molar-refractivity contribution is 6.32. The highest BCUT2D eigenvalue weighted by atomic mass is 35.5. The zero-order chi connectivity index (χ0) is 18.7. The summed E-state index contributed by atoms with van der Waals surface area (Å²) in [7, 11) is 0. The Balaban J connectivity index is 1.76. The second-order valence-corrected chi connectivity index (χ2v) is 7.11. The quantitative estimate of drug-likeness (QED) is 0.867. The first-order chi connectivity index (χ1) is 12.5. The maximum atomic E-state index is 13.0. The molecule has 1 saturated heterocycles. The topological polar surface area (TPSA) is 75.4 Å². The third-order valence-electron chi connectivity index (χ3n) is 4.89. The molecule has 26 heavy (non-hydrogen) atoms. The van der Waals surface area contributed by atoms with E-state index < -0.39 is 5.97 Å². The van der Waals surface area contributed by atoms with Gasteiger partial charge in [0.15, 0.2) is 0 Å². The molecule has 1 aromatic heterocycles. The van der Waals surface area contributed by atoms with Crippen molar-refractivity contribution in [1.29, 1.82) is 0 Å². The van der Waals surface area contributed by atoms with E-state index in [4.69, 9.17) is 16.7 Å². The average molecular weight is 376 g/mol. The predicted molar refractivity (Wildman–Crippen MR) is 98.8 cm³/mol. The molecule has 6 nitrogen and oxygen atoms in total. The van der Waals surface area contributed by atoms with Gasteiger partial charge in [0.05, 0.1) is 28.2 Å². The number of carboxylic acid groups (broad SMARTS) is 1. The fourth-order valence-electron chi connectivity index (χ4n) is 3.47. The molecule has 7 heteroatoms. The van der Waals surface area contributed by atoms with Gasteiger partial charge >= 0.3 is 5.97 Å². The van der Waals surface area contributed by atoms with Gasteiger partial charge in [-0.15, -0.1) is 0 Å². The molecule has 0 aliphatic carbocycles. The smallest absolute Gasteiger partial charge is 0.303 e. The molecule has 1 amide bonds. The Bertz CT molecular complexity index is 818. The number of carboxylic acids is 1. The minimum absolute atomic E-state index is 0.0548. The minimum atomic E-state index is -0.787. The van der Waals surface area contributed by atoms with Crippen LogP contribution in [0, 0.1) is 12.8 Å². The maximum Gasteiger partial charge on any atom is 0.303 e. The molecule has 0 spiro atoms. The van der Waals surface area contributed by atoms with E-state index in [1.54, 1.807) is 16.9 Å². The first-order valence-electron chi connectivity index (χ1n) is 8.78. The zero-order valence-corrected chi connectivity index (χ0v) is 15.4. The minimum Gasteiger partial charge on any atom is -0.481 e. The number of amides is 1. The van der Waals surface area contributed by atoms with Crippen LogP contribution >= 0.6 is 11.6 Å². The normalized spacial score (nSPS) is 17.3. The number of hydrogen-bond acceptors (Lipinski definition) is 3. The predicted octanol–water partition coefficient (Wildman–Crippen LogP) is 3.55. The molecule has 1 aliphatic heterocycles. The molecule has 2 heterocycles. The average Bonchev–Trinajstić information content (AvgIpc) is 3.01. The standard InChI is InChI=1S/C19H22ClN3O3/c1-13-15(11-21-23(13)17-7-3-2-6-16(17)20)19(26)22-10-4-5-14(12-22)8-9-18(24)25/h2-3,6-7,11,14H,4-5,8-10,12H2,1H3,(H,24,25)/t14-/m1/s1. The summed E-state index contributed by atoms with van der Waals surface area (Å²) in [6.45, 7) is 3.15. The number of aliphatic carboxylic acids is 1. The SMILES string of the molecule is Cc1c(C(=O)N2CCC[C@H](CCC(=O)O)C2)cnn1-c1ccccc1Cl. The molecular weight excluding hydrogens is 354 g/mol. The Kier molecular flexibility index (Phi) is 5.61. The molecule has 138 valence electrons. The van der Waals surface area contributed by atoms with Gasteiger partial charge in [0.2, 0.25) is 0 Å². The molecule has 0 radical (unpaired) electrons. The van der Waals surface area contributed by atoms with Gasteiger partial charge in [0.1, 0.15) is 0 Å². The van der Waals surface area contributed by atoms with Crippen molar-refractivity contribution in [3.05, 3.63) is 46.7 Å². The van der Waals surface area contributed by atoms with Gasteiger partial charge in [0, 0.05) is 19.5 Å². The summed E-state index contributed by atoms with van der Waals surface area (Å²) in [5, 5.41) is 13.8. The fourth-order valence-corrected chi connectivity index (χ4v) is 3.68. The lowest BCUT2D eigenvalue weighted by atomic mass is 9.93. The largest absolute Gasteiger partial charge is 0.481 e. The third kappa shape index (κ3) is 3.90. The number of para-hydroxylation sites is 1. The monoisotopic (exact) mass is 375 g/mol. The summed E-state index contributed by atoms with van der Waals surface area (Å²) in [5.41, 5.74) is 2.04. The molecule has 1 aromatic carbocycles. The maximum absolute atomic E-state index is 13.0. The van der Waals surface area contributed by atoms with E-state index >= 15 is 0 Å². The van der Waals surface area contributed by atoms with Crippen LogP contribution in [-0.4, -0.2) is 44.8 Å². The van der Waals surface area contributed by atoms with E-state index in [-0.39, 0.29) is 18.2 Å². The number of carbonyl (C=O) groups is 2. The van der Waals surface area contributed by atoms with Crippen molar-refractivity contribution in [1.82, 2.24) is 14.7 Å². The van der Waals surface area contributed by atoms with Crippen LogP contribution in [-0.2, 0) is 4.79 Å². The van der Waals surface area contributed by atoms with Crippen LogP contribution in [0.5, 0.6) is 0 Å². The number of hydrogen-bond donors (Lipinski definition) is 1. The first-order valence-corrected chi connectivity index (χ1v) is 9.15. The van der Waals surface area contributed by atoms with Gasteiger partial charge in [-0.2, -0.15) is 5.10 Å². The van der Waals surface area contributed by atoms with E-state index in [9.17, 15) is 9.59 Å². The lowest BCUT2D eigenvalue weighted by Crippen LogP contribution is -2.40. The molecule has 3 rings (SSSR count). The Morgan fingerprint density at radius 1 is 1.35 bits per heavy atom. The van der Waals surface area contributed by atoms with Gasteiger partial charge in [-0.25, -0.2) is 4.68 Å². The lowest BCUT2D eigenvalue weighted by Gasteiger charge is -2.32. The Morgan fingerprint density at radius 3 is 2.85 bits per heavy atom. The summed E-state index contributed by atoms with van der Waals surface area (Å²) in [5.74, 6) is -0.603. The second kappa shape index (κ2) is 7.91. The van der Waals surface area contributed by atoms with Crippen LogP contribution in [0.15, 0.2) is 30.5 Å².